The number of hydrogen-bond donors (Lipinski definition) is 0. The third-order valence-corrected chi connectivity index (χ3v) is 6.16. The highest BCUT2D eigenvalue weighted by molar-refractivity contribution is 8.03. The van der Waals surface area contributed by atoms with Crippen LogP contribution in [0.1, 0.15) is 25.0 Å². The number of nitro groups is 1. The molecule has 0 bridgehead atoms. The van der Waals surface area contributed by atoms with E-state index in [1.54, 1.807) is 23.9 Å². The molecule has 0 saturated carbocycles. The summed E-state index contributed by atoms with van der Waals surface area (Å²) >= 11 is 4.70. The van der Waals surface area contributed by atoms with Crippen LogP contribution in [0, 0.1) is 10.1 Å². The van der Waals surface area contributed by atoms with Gasteiger partial charge in [0.15, 0.2) is 8.68 Å². The van der Waals surface area contributed by atoms with Crippen LogP contribution >= 0.6 is 34.9 Å². The van der Waals surface area contributed by atoms with E-state index in [-0.39, 0.29) is 10.9 Å². The fourth-order valence-corrected chi connectivity index (χ4v) is 4.96. The van der Waals surface area contributed by atoms with E-state index in [9.17, 15) is 10.1 Å². The molecule has 0 aliphatic carbocycles. The molecule has 0 aliphatic rings. The van der Waals surface area contributed by atoms with Gasteiger partial charge in [-0.2, -0.15) is 0 Å². The average Bonchev–Trinajstić information content (AvgIpc) is 3.25. The number of rotatable bonds is 7. The molecule has 2 aromatic heterocycles. The molecular weight excluding hydrogens is 382 g/mol. The van der Waals surface area contributed by atoms with Crippen molar-refractivity contribution in [3.05, 3.63) is 40.3 Å². The van der Waals surface area contributed by atoms with Crippen LogP contribution in [-0.2, 0) is 0 Å². The third kappa shape index (κ3) is 4.35. The van der Waals surface area contributed by atoms with Gasteiger partial charge >= 0.3 is 0 Å². The Labute approximate surface area is 155 Å². The summed E-state index contributed by atoms with van der Waals surface area (Å²) in [6.45, 7) is 4.02. The number of aromatic nitrogens is 4. The van der Waals surface area contributed by atoms with E-state index in [4.69, 9.17) is 4.42 Å². The van der Waals surface area contributed by atoms with Crippen molar-refractivity contribution in [1.29, 1.82) is 0 Å². The molecule has 1 unspecified atom stereocenters. The SMILES string of the molecule is CCSc1nnc(SC(C)c2nnc(-c3ccc([N+](=O)[O-])cc3)o2)s1. The van der Waals surface area contributed by atoms with Crippen molar-refractivity contribution in [2.45, 2.75) is 27.8 Å². The minimum atomic E-state index is -0.450. The fraction of sp³-hybridized carbons (Fsp3) is 0.286. The summed E-state index contributed by atoms with van der Waals surface area (Å²) in [5, 5.41) is 27.0. The van der Waals surface area contributed by atoms with Crippen LogP contribution in [0.3, 0.4) is 0 Å². The van der Waals surface area contributed by atoms with Gasteiger partial charge in [-0.05, 0) is 24.8 Å². The standard InChI is InChI=1S/C14H13N5O3S3/c1-3-23-13-17-18-14(25-13)24-8(2)11-15-16-12(22-11)9-4-6-10(7-5-9)19(20)21/h4-8H,3H2,1-2H3. The van der Waals surface area contributed by atoms with Crippen LogP contribution < -0.4 is 0 Å². The van der Waals surface area contributed by atoms with E-state index in [0.29, 0.717) is 17.3 Å². The molecule has 1 atom stereocenters. The summed E-state index contributed by atoms with van der Waals surface area (Å²) in [6, 6.07) is 6.00. The van der Waals surface area contributed by atoms with Crippen LogP contribution in [-0.4, -0.2) is 31.1 Å². The Kier molecular flexibility index (Phi) is 5.66. The minimum absolute atomic E-state index is 0.0180. The van der Waals surface area contributed by atoms with E-state index < -0.39 is 4.92 Å². The monoisotopic (exact) mass is 395 g/mol. The van der Waals surface area contributed by atoms with Gasteiger partial charge in [0.25, 0.3) is 5.69 Å². The zero-order valence-electron chi connectivity index (χ0n) is 13.3. The van der Waals surface area contributed by atoms with Crippen molar-refractivity contribution in [3.8, 4) is 11.5 Å². The smallest absolute Gasteiger partial charge is 0.269 e. The van der Waals surface area contributed by atoms with Gasteiger partial charge in [-0.3, -0.25) is 10.1 Å². The van der Waals surface area contributed by atoms with Gasteiger partial charge in [-0.25, -0.2) is 0 Å². The van der Waals surface area contributed by atoms with Crippen molar-refractivity contribution >= 4 is 40.5 Å². The first kappa shape index (κ1) is 17.8. The molecule has 3 rings (SSSR count). The Hall–Kier alpha value is -1.98. The number of non-ortho nitro benzene ring substituents is 1. The lowest BCUT2D eigenvalue weighted by Gasteiger charge is -2.02. The van der Waals surface area contributed by atoms with Crippen molar-refractivity contribution in [3.63, 3.8) is 0 Å². The van der Waals surface area contributed by atoms with Crippen LogP contribution in [0.25, 0.3) is 11.5 Å². The molecule has 0 spiro atoms. The van der Waals surface area contributed by atoms with Gasteiger partial charge in [0.05, 0.1) is 10.2 Å². The Morgan fingerprint density at radius 3 is 2.60 bits per heavy atom. The van der Waals surface area contributed by atoms with Gasteiger partial charge in [0.1, 0.15) is 0 Å². The van der Waals surface area contributed by atoms with Crippen LogP contribution in [0.4, 0.5) is 5.69 Å². The lowest BCUT2D eigenvalue weighted by molar-refractivity contribution is -0.384. The van der Waals surface area contributed by atoms with Crippen LogP contribution in [0.15, 0.2) is 37.4 Å². The van der Waals surface area contributed by atoms with Gasteiger partial charge < -0.3 is 4.42 Å². The van der Waals surface area contributed by atoms with Gasteiger partial charge in [-0.15, -0.1) is 20.4 Å². The van der Waals surface area contributed by atoms with Crippen molar-refractivity contribution in [2.75, 3.05) is 5.75 Å². The molecule has 3 aromatic rings. The predicted octanol–water partition coefficient (Wildman–Crippen LogP) is 4.46. The summed E-state index contributed by atoms with van der Waals surface area (Å²) < 4.78 is 7.48. The van der Waals surface area contributed by atoms with E-state index in [1.165, 1.54) is 35.2 Å². The topological polar surface area (TPSA) is 108 Å². The van der Waals surface area contributed by atoms with Crippen LogP contribution in [0.5, 0.6) is 0 Å². The quantitative estimate of drug-likeness (QED) is 0.325. The van der Waals surface area contributed by atoms with Crippen LogP contribution in [0.2, 0.25) is 0 Å². The highest BCUT2D eigenvalue weighted by Gasteiger charge is 2.19. The fourth-order valence-electron chi connectivity index (χ4n) is 1.87. The lowest BCUT2D eigenvalue weighted by Crippen LogP contribution is -1.88. The Balaban J connectivity index is 1.70. The van der Waals surface area contributed by atoms with Crippen molar-refractivity contribution in [1.82, 2.24) is 20.4 Å². The summed E-state index contributed by atoms with van der Waals surface area (Å²) in [6.07, 6.45) is 0. The zero-order valence-corrected chi connectivity index (χ0v) is 15.7. The first-order valence-corrected chi connectivity index (χ1v) is 9.96. The number of thioether (sulfide) groups is 2. The molecule has 0 radical (unpaired) electrons. The maximum absolute atomic E-state index is 10.7. The molecule has 0 N–H and O–H groups in total. The van der Waals surface area contributed by atoms with Gasteiger partial charge in [-0.1, -0.05) is 41.8 Å². The van der Waals surface area contributed by atoms with E-state index in [2.05, 4.69) is 27.3 Å². The zero-order chi connectivity index (χ0) is 17.8. The summed E-state index contributed by atoms with van der Waals surface area (Å²) in [5.41, 5.74) is 0.656. The molecule has 2 heterocycles. The number of nitro benzene ring substituents is 1. The first-order chi connectivity index (χ1) is 12.1. The Morgan fingerprint density at radius 1 is 1.20 bits per heavy atom. The second kappa shape index (κ2) is 7.93. The maximum atomic E-state index is 10.7. The van der Waals surface area contributed by atoms with Gasteiger partial charge in [0, 0.05) is 17.7 Å². The molecule has 0 aliphatic heterocycles. The molecule has 0 saturated heterocycles. The molecule has 8 nitrogen and oxygen atoms in total. The molecule has 1 aromatic carbocycles. The molecule has 25 heavy (non-hydrogen) atoms. The van der Waals surface area contributed by atoms with Gasteiger partial charge in [0.2, 0.25) is 11.8 Å². The second-order valence-corrected chi connectivity index (χ2v) is 8.85. The third-order valence-electron chi connectivity index (χ3n) is 3.05. The van der Waals surface area contributed by atoms with E-state index in [0.717, 1.165) is 14.4 Å². The predicted molar refractivity (Wildman–Crippen MR) is 97.0 cm³/mol. The number of benzene rings is 1. The molecule has 130 valence electrons. The highest BCUT2D eigenvalue weighted by Crippen LogP contribution is 2.38. The largest absolute Gasteiger partial charge is 0.419 e. The average molecular weight is 395 g/mol. The molecule has 0 amide bonds. The number of nitrogens with zero attached hydrogens (tertiary/aromatic N) is 5. The summed E-state index contributed by atoms with van der Waals surface area (Å²) in [4.78, 5) is 10.2. The van der Waals surface area contributed by atoms with E-state index >= 15 is 0 Å². The van der Waals surface area contributed by atoms with Crippen molar-refractivity contribution < 1.29 is 9.34 Å². The number of hydrogen-bond acceptors (Lipinski definition) is 10. The Bertz CT molecular complexity index is 865. The van der Waals surface area contributed by atoms with E-state index in [1.807, 2.05) is 6.92 Å². The second-order valence-electron chi connectivity index (χ2n) is 4.78. The first-order valence-electron chi connectivity index (χ1n) is 7.28. The Morgan fingerprint density at radius 2 is 1.92 bits per heavy atom. The molecule has 11 heteroatoms. The lowest BCUT2D eigenvalue weighted by atomic mass is 10.2. The highest BCUT2D eigenvalue weighted by atomic mass is 32.2. The normalized spacial score (nSPS) is 12.2. The summed E-state index contributed by atoms with van der Waals surface area (Å²) in [5.74, 6) is 1.76. The molecule has 0 fully saturated rings. The summed E-state index contributed by atoms with van der Waals surface area (Å²) in [7, 11) is 0. The molecular formula is C14H13N5O3S3. The minimum Gasteiger partial charge on any atom is -0.419 e. The van der Waals surface area contributed by atoms with Crippen molar-refractivity contribution in [2.24, 2.45) is 0 Å². The maximum Gasteiger partial charge on any atom is 0.269 e.